The zero-order valence-corrected chi connectivity index (χ0v) is 17.1. The zero-order chi connectivity index (χ0) is 20.9. The lowest BCUT2D eigenvalue weighted by atomic mass is 10.2. The maximum atomic E-state index is 12.1. The maximum Gasteiger partial charge on any atom is 0.260 e. The number of para-hydroxylation sites is 1. The molecule has 0 atom stereocenters. The minimum absolute atomic E-state index is 0.222. The Balaban J connectivity index is 1.37. The van der Waals surface area contributed by atoms with E-state index in [1.807, 2.05) is 36.4 Å². The summed E-state index contributed by atoms with van der Waals surface area (Å²) in [7, 11) is 0. The quantitative estimate of drug-likeness (QED) is 0.318. The monoisotopic (exact) mass is 438 g/mol. The van der Waals surface area contributed by atoms with Gasteiger partial charge in [0, 0.05) is 15.6 Å². The van der Waals surface area contributed by atoms with E-state index >= 15 is 0 Å². The number of aromatic amines is 1. The van der Waals surface area contributed by atoms with Crippen LogP contribution < -0.4 is 15.7 Å². The lowest BCUT2D eigenvalue weighted by molar-refractivity contribution is 0.306. The summed E-state index contributed by atoms with van der Waals surface area (Å²) in [5.74, 6) is 0.974. The first-order chi connectivity index (χ1) is 14.6. The third kappa shape index (κ3) is 4.79. The number of benzene rings is 3. The number of H-pyrrole nitrogens is 1. The predicted molar refractivity (Wildman–Crippen MR) is 121 cm³/mol. The van der Waals surface area contributed by atoms with Gasteiger partial charge in [0.05, 0.1) is 17.1 Å². The molecule has 150 valence electrons. The number of halogens is 2. The lowest BCUT2D eigenvalue weighted by Crippen LogP contribution is -2.10. The van der Waals surface area contributed by atoms with Gasteiger partial charge < -0.3 is 4.74 Å². The molecule has 0 bridgehead atoms. The number of hydrogen-bond acceptors (Lipinski definition) is 5. The summed E-state index contributed by atoms with van der Waals surface area (Å²) in [4.78, 5) is 19.0. The van der Waals surface area contributed by atoms with Crippen LogP contribution in [0.3, 0.4) is 0 Å². The molecule has 8 heteroatoms. The molecule has 0 spiro atoms. The Kier molecular flexibility index (Phi) is 5.97. The highest BCUT2D eigenvalue weighted by molar-refractivity contribution is 6.35. The molecule has 4 aromatic rings. The second-order valence-electron chi connectivity index (χ2n) is 6.40. The summed E-state index contributed by atoms with van der Waals surface area (Å²) in [5, 5.41) is 5.81. The molecule has 1 aromatic heterocycles. The summed E-state index contributed by atoms with van der Waals surface area (Å²) in [5.41, 5.74) is 4.82. The minimum Gasteiger partial charge on any atom is -0.489 e. The van der Waals surface area contributed by atoms with Crippen LogP contribution in [-0.2, 0) is 6.61 Å². The molecule has 3 aromatic carbocycles. The van der Waals surface area contributed by atoms with Crippen LogP contribution in [0.5, 0.6) is 5.75 Å². The van der Waals surface area contributed by atoms with E-state index in [2.05, 4.69) is 20.5 Å². The molecular formula is C22H16Cl2N4O2. The molecule has 1 heterocycles. The molecule has 0 aliphatic carbocycles. The largest absolute Gasteiger partial charge is 0.489 e. The van der Waals surface area contributed by atoms with Crippen LogP contribution in [0.2, 0.25) is 10.0 Å². The number of fused-ring (bicyclic) bond motifs is 1. The van der Waals surface area contributed by atoms with Crippen molar-refractivity contribution in [2.75, 3.05) is 5.43 Å². The molecule has 6 nitrogen and oxygen atoms in total. The van der Waals surface area contributed by atoms with Gasteiger partial charge in [-0.25, -0.2) is 10.4 Å². The molecule has 0 unspecified atom stereocenters. The standard InChI is InChI=1S/C22H16Cl2N4O2/c23-16-8-7-15(19(24)11-16)13-30-17-9-5-14(6-10-17)12-25-28-22-26-20-4-2-1-3-18(20)21(29)27-22/h1-12H,13H2,(H2,26,27,28,29)/b25-12-. The first-order valence-corrected chi connectivity index (χ1v) is 9.79. The van der Waals surface area contributed by atoms with Gasteiger partial charge >= 0.3 is 0 Å². The Morgan fingerprint density at radius 1 is 1.07 bits per heavy atom. The fourth-order valence-corrected chi connectivity index (χ4v) is 3.22. The van der Waals surface area contributed by atoms with Gasteiger partial charge in [0.25, 0.3) is 5.56 Å². The average molecular weight is 439 g/mol. The van der Waals surface area contributed by atoms with Crippen LogP contribution >= 0.6 is 23.2 Å². The molecule has 0 fully saturated rings. The lowest BCUT2D eigenvalue weighted by Gasteiger charge is -2.08. The first-order valence-electron chi connectivity index (χ1n) is 9.03. The summed E-state index contributed by atoms with van der Waals surface area (Å²) in [6.45, 7) is 0.339. The summed E-state index contributed by atoms with van der Waals surface area (Å²) in [6, 6.07) is 19.8. The summed E-state index contributed by atoms with van der Waals surface area (Å²) >= 11 is 12.1. The number of hydrogen-bond donors (Lipinski definition) is 2. The molecule has 0 saturated heterocycles. The van der Waals surface area contributed by atoms with Crippen LogP contribution in [0.25, 0.3) is 10.9 Å². The normalized spacial score (nSPS) is 11.1. The SMILES string of the molecule is O=c1[nH]c(N/N=C\c2ccc(OCc3ccc(Cl)cc3Cl)cc2)nc2ccccc12. The molecule has 0 amide bonds. The number of nitrogens with zero attached hydrogens (tertiary/aromatic N) is 2. The van der Waals surface area contributed by atoms with E-state index in [1.54, 1.807) is 36.5 Å². The Hall–Kier alpha value is -3.35. The van der Waals surface area contributed by atoms with E-state index in [0.717, 1.165) is 11.1 Å². The highest BCUT2D eigenvalue weighted by Crippen LogP contribution is 2.22. The molecule has 30 heavy (non-hydrogen) atoms. The number of rotatable bonds is 6. The molecule has 4 rings (SSSR count). The Morgan fingerprint density at radius 3 is 2.67 bits per heavy atom. The van der Waals surface area contributed by atoms with Crippen molar-refractivity contribution >= 4 is 46.3 Å². The molecular weight excluding hydrogens is 423 g/mol. The molecule has 0 saturated carbocycles. The second-order valence-corrected chi connectivity index (χ2v) is 7.24. The van der Waals surface area contributed by atoms with Crippen molar-refractivity contribution in [1.82, 2.24) is 9.97 Å². The van der Waals surface area contributed by atoms with E-state index < -0.39 is 0 Å². The van der Waals surface area contributed by atoms with Crippen LogP contribution in [0.4, 0.5) is 5.95 Å². The molecule has 0 aliphatic rings. The van der Waals surface area contributed by atoms with E-state index in [0.29, 0.717) is 33.3 Å². The second kappa shape index (κ2) is 8.98. The van der Waals surface area contributed by atoms with Crippen molar-refractivity contribution in [2.24, 2.45) is 5.10 Å². The number of ether oxygens (including phenoxy) is 1. The van der Waals surface area contributed by atoms with Gasteiger partial charge in [0.2, 0.25) is 5.95 Å². The van der Waals surface area contributed by atoms with Gasteiger partial charge in [-0.1, -0.05) is 41.4 Å². The van der Waals surface area contributed by atoms with Gasteiger partial charge in [-0.2, -0.15) is 5.10 Å². The third-order valence-corrected chi connectivity index (χ3v) is 4.87. The molecule has 0 radical (unpaired) electrons. The van der Waals surface area contributed by atoms with Gasteiger partial charge in [-0.15, -0.1) is 0 Å². The predicted octanol–water partition coefficient (Wildman–Crippen LogP) is 5.25. The maximum absolute atomic E-state index is 12.1. The van der Waals surface area contributed by atoms with E-state index in [9.17, 15) is 4.79 Å². The number of aromatic nitrogens is 2. The Bertz CT molecular complexity index is 1270. The fourth-order valence-electron chi connectivity index (χ4n) is 2.76. The number of hydrazone groups is 1. The van der Waals surface area contributed by atoms with Crippen molar-refractivity contribution in [3.05, 3.63) is 98.3 Å². The van der Waals surface area contributed by atoms with Crippen LogP contribution in [0.1, 0.15) is 11.1 Å². The van der Waals surface area contributed by atoms with E-state index in [-0.39, 0.29) is 11.5 Å². The zero-order valence-electron chi connectivity index (χ0n) is 15.6. The highest BCUT2D eigenvalue weighted by Gasteiger charge is 2.03. The van der Waals surface area contributed by atoms with Crippen LogP contribution in [0.15, 0.2) is 76.6 Å². The third-order valence-electron chi connectivity index (χ3n) is 4.29. The summed E-state index contributed by atoms with van der Waals surface area (Å²) in [6.07, 6.45) is 1.62. The number of nitrogens with one attached hydrogen (secondary N) is 2. The van der Waals surface area contributed by atoms with Gasteiger partial charge in [0.15, 0.2) is 0 Å². The van der Waals surface area contributed by atoms with Gasteiger partial charge in [-0.3, -0.25) is 9.78 Å². The molecule has 0 aliphatic heterocycles. The van der Waals surface area contributed by atoms with Crippen molar-refractivity contribution in [3.8, 4) is 5.75 Å². The fraction of sp³-hybridized carbons (Fsp3) is 0.0455. The Morgan fingerprint density at radius 2 is 1.87 bits per heavy atom. The van der Waals surface area contributed by atoms with E-state index in [4.69, 9.17) is 27.9 Å². The molecule has 2 N–H and O–H groups in total. The van der Waals surface area contributed by atoms with Crippen molar-refractivity contribution in [1.29, 1.82) is 0 Å². The van der Waals surface area contributed by atoms with Crippen LogP contribution in [0, 0.1) is 0 Å². The first kappa shape index (κ1) is 19.9. The van der Waals surface area contributed by atoms with E-state index in [1.165, 1.54) is 0 Å². The minimum atomic E-state index is -0.222. The average Bonchev–Trinajstić information content (AvgIpc) is 2.74. The van der Waals surface area contributed by atoms with Gasteiger partial charge in [0.1, 0.15) is 12.4 Å². The van der Waals surface area contributed by atoms with Crippen molar-refractivity contribution < 1.29 is 4.74 Å². The Labute approximate surface area is 182 Å². The highest BCUT2D eigenvalue weighted by atomic mass is 35.5. The van der Waals surface area contributed by atoms with Crippen molar-refractivity contribution in [2.45, 2.75) is 6.61 Å². The topological polar surface area (TPSA) is 79.4 Å². The number of anilines is 1. The van der Waals surface area contributed by atoms with Gasteiger partial charge in [-0.05, 0) is 54.1 Å². The van der Waals surface area contributed by atoms with Crippen molar-refractivity contribution in [3.63, 3.8) is 0 Å². The summed E-state index contributed by atoms with van der Waals surface area (Å²) < 4.78 is 5.76. The van der Waals surface area contributed by atoms with Crippen LogP contribution in [-0.4, -0.2) is 16.2 Å². The smallest absolute Gasteiger partial charge is 0.260 e.